The van der Waals surface area contributed by atoms with Crippen LogP contribution in [0.15, 0.2) is 10.3 Å². The quantitative estimate of drug-likeness (QED) is 0.397. The second kappa shape index (κ2) is 6.23. The first-order valence-corrected chi connectivity index (χ1v) is 8.49. The molecule has 1 aliphatic carbocycles. The monoisotopic (exact) mass is 336 g/mol. The highest BCUT2D eigenvalue weighted by atomic mass is 32.2. The fourth-order valence-corrected chi connectivity index (χ4v) is 4.88. The summed E-state index contributed by atoms with van der Waals surface area (Å²) in [7, 11) is -2.31. The van der Waals surface area contributed by atoms with Crippen molar-refractivity contribution < 1.29 is 18.1 Å². The highest BCUT2D eigenvalue weighted by molar-refractivity contribution is 7.91. The summed E-state index contributed by atoms with van der Waals surface area (Å²) in [5, 5.41) is 10.8. The molecular weight excluding hydrogens is 320 g/mol. The van der Waals surface area contributed by atoms with E-state index < -0.39 is 14.9 Å². The van der Waals surface area contributed by atoms with Crippen LogP contribution in [-0.2, 0) is 14.8 Å². The minimum absolute atomic E-state index is 0.00455. The number of nitrogen functional groups attached to an aromatic ring is 1. The zero-order valence-corrected chi connectivity index (χ0v) is 12.9. The number of ether oxygens (including phenoxy) is 1. The number of thiophene rings is 1. The lowest BCUT2D eigenvalue weighted by Crippen LogP contribution is -2.40. The smallest absolute Gasteiger partial charge is 0.306 e. The van der Waals surface area contributed by atoms with E-state index in [1.54, 1.807) is 0 Å². The molecule has 2 rings (SSSR count). The predicted octanol–water partition coefficient (Wildman–Crippen LogP) is 0.788. The topological polar surface area (TPSA) is 137 Å². The molecule has 9 nitrogen and oxygen atoms in total. The van der Waals surface area contributed by atoms with Crippen LogP contribution in [0.3, 0.4) is 0 Å². The molecule has 4 N–H and O–H groups in total. The van der Waals surface area contributed by atoms with Gasteiger partial charge in [-0.2, -0.15) is 0 Å². The Hall–Kier alpha value is -1.27. The third kappa shape index (κ3) is 3.32. The molecule has 11 heteroatoms. The number of rotatable bonds is 6. The minimum atomic E-state index is -3.84. The van der Waals surface area contributed by atoms with Crippen molar-refractivity contribution in [1.82, 2.24) is 4.72 Å². The summed E-state index contributed by atoms with van der Waals surface area (Å²) in [5.74, 6) is 5.17. The van der Waals surface area contributed by atoms with Gasteiger partial charge in [0, 0.05) is 19.2 Å². The molecule has 1 saturated carbocycles. The molecular formula is C10H16N4O5S2. The van der Waals surface area contributed by atoms with E-state index in [-0.39, 0.29) is 27.0 Å². The van der Waals surface area contributed by atoms with E-state index in [1.807, 2.05) is 0 Å². The van der Waals surface area contributed by atoms with E-state index in [0.29, 0.717) is 6.42 Å². The number of nitrogens with zero attached hydrogens (tertiary/aromatic N) is 1. The molecule has 0 radical (unpaired) electrons. The Balaban J connectivity index is 2.25. The number of nitro groups is 1. The average Bonchev–Trinajstić information content (AvgIpc) is 3.03. The van der Waals surface area contributed by atoms with Crippen molar-refractivity contribution in [2.75, 3.05) is 12.5 Å². The van der Waals surface area contributed by atoms with Crippen LogP contribution in [0.4, 0.5) is 10.7 Å². The molecule has 21 heavy (non-hydrogen) atoms. The van der Waals surface area contributed by atoms with Crippen molar-refractivity contribution in [3.8, 4) is 0 Å². The number of nitrogens with one attached hydrogen (secondary N) is 2. The van der Waals surface area contributed by atoms with Crippen molar-refractivity contribution in [1.29, 1.82) is 0 Å². The van der Waals surface area contributed by atoms with Crippen molar-refractivity contribution in [2.24, 2.45) is 5.84 Å². The summed E-state index contributed by atoms with van der Waals surface area (Å²) in [6.45, 7) is 0. The number of sulfonamides is 1. The number of hydrogen-bond acceptors (Lipinski definition) is 8. The number of hydrogen-bond donors (Lipinski definition) is 3. The van der Waals surface area contributed by atoms with Gasteiger partial charge in [0.25, 0.3) is 10.0 Å². The molecule has 2 atom stereocenters. The highest BCUT2D eigenvalue weighted by Gasteiger charge is 2.33. The normalized spacial score (nSPS) is 22.4. The van der Waals surface area contributed by atoms with E-state index in [2.05, 4.69) is 10.1 Å². The van der Waals surface area contributed by atoms with Gasteiger partial charge < -0.3 is 10.2 Å². The molecule has 1 fully saturated rings. The van der Waals surface area contributed by atoms with Crippen LogP contribution in [0.25, 0.3) is 0 Å². The molecule has 1 heterocycles. The van der Waals surface area contributed by atoms with Gasteiger partial charge in [0.1, 0.15) is 4.21 Å². The van der Waals surface area contributed by atoms with Gasteiger partial charge in [0.05, 0.1) is 11.0 Å². The number of hydrazine groups is 1. The molecule has 0 aromatic carbocycles. The maximum Gasteiger partial charge on any atom is 0.306 e. The van der Waals surface area contributed by atoms with Crippen molar-refractivity contribution in [2.45, 2.75) is 35.6 Å². The van der Waals surface area contributed by atoms with Crippen molar-refractivity contribution >= 4 is 32.0 Å². The van der Waals surface area contributed by atoms with Crippen molar-refractivity contribution in [3.63, 3.8) is 0 Å². The van der Waals surface area contributed by atoms with E-state index >= 15 is 0 Å². The van der Waals surface area contributed by atoms with Gasteiger partial charge in [0.2, 0.25) is 0 Å². The van der Waals surface area contributed by atoms with Gasteiger partial charge in [-0.3, -0.25) is 10.1 Å². The summed E-state index contributed by atoms with van der Waals surface area (Å²) < 4.78 is 32.2. The summed E-state index contributed by atoms with van der Waals surface area (Å²) in [5.41, 5.74) is 1.78. The summed E-state index contributed by atoms with van der Waals surface area (Å²) >= 11 is 0.718. The SMILES string of the molecule is COC1CCCC1NS(=O)(=O)c1cc([N+](=O)[O-])c(NN)s1. The Kier molecular flexibility index (Phi) is 4.78. The fraction of sp³-hybridized carbons (Fsp3) is 0.600. The van der Waals surface area contributed by atoms with Crippen LogP contribution in [0.5, 0.6) is 0 Å². The van der Waals surface area contributed by atoms with Crippen LogP contribution in [0.1, 0.15) is 19.3 Å². The van der Waals surface area contributed by atoms with Gasteiger partial charge in [-0.1, -0.05) is 11.3 Å². The third-order valence-electron chi connectivity index (χ3n) is 3.34. The van der Waals surface area contributed by atoms with E-state index in [1.165, 1.54) is 7.11 Å². The first-order chi connectivity index (χ1) is 9.89. The average molecular weight is 336 g/mol. The van der Waals surface area contributed by atoms with Crippen LogP contribution in [0, 0.1) is 10.1 Å². The highest BCUT2D eigenvalue weighted by Crippen LogP contribution is 2.36. The maximum absolute atomic E-state index is 12.3. The van der Waals surface area contributed by atoms with Gasteiger partial charge in [0.15, 0.2) is 5.00 Å². The number of nitrogens with two attached hydrogens (primary N) is 1. The second-order valence-electron chi connectivity index (χ2n) is 4.61. The Morgan fingerprint density at radius 1 is 1.52 bits per heavy atom. The Morgan fingerprint density at radius 2 is 2.24 bits per heavy atom. The lowest BCUT2D eigenvalue weighted by molar-refractivity contribution is -0.383. The minimum Gasteiger partial charge on any atom is -0.380 e. The molecule has 0 amide bonds. The molecule has 1 aromatic rings. The molecule has 0 spiro atoms. The molecule has 2 unspecified atom stereocenters. The number of methoxy groups -OCH3 is 1. The number of anilines is 1. The summed E-state index contributed by atoms with van der Waals surface area (Å²) in [4.78, 5) is 10.2. The fourth-order valence-electron chi connectivity index (χ4n) is 2.33. The van der Waals surface area contributed by atoms with E-state index in [9.17, 15) is 18.5 Å². The van der Waals surface area contributed by atoms with Crippen LogP contribution >= 0.6 is 11.3 Å². The lowest BCUT2D eigenvalue weighted by atomic mass is 10.2. The molecule has 0 bridgehead atoms. The van der Waals surface area contributed by atoms with E-state index in [4.69, 9.17) is 10.6 Å². The van der Waals surface area contributed by atoms with E-state index in [0.717, 1.165) is 30.2 Å². The van der Waals surface area contributed by atoms with Crippen LogP contribution in [0.2, 0.25) is 0 Å². The molecule has 0 aliphatic heterocycles. The second-order valence-corrected chi connectivity index (χ2v) is 7.61. The first-order valence-electron chi connectivity index (χ1n) is 6.19. The Morgan fingerprint density at radius 3 is 2.76 bits per heavy atom. The molecule has 0 saturated heterocycles. The largest absolute Gasteiger partial charge is 0.380 e. The van der Waals surface area contributed by atoms with Crippen molar-refractivity contribution in [3.05, 3.63) is 16.2 Å². The zero-order valence-electron chi connectivity index (χ0n) is 11.2. The summed E-state index contributed by atoms with van der Waals surface area (Å²) in [6.07, 6.45) is 2.14. The third-order valence-corrected chi connectivity index (χ3v) is 6.36. The Labute approximate surface area is 125 Å². The van der Waals surface area contributed by atoms with Crippen LogP contribution < -0.4 is 16.0 Å². The van der Waals surface area contributed by atoms with Gasteiger partial charge in [-0.25, -0.2) is 19.0 Å². The standard InChI is InChI=1S/C10H16N4O5S2/c1-19-8-4-2-3-6(8)13-21(17,18)9-5-7(14(15)16)10(12-11)20-9/h5-6,8,12-13H,2-4,11H2,1H3. The molecule has 1 aliphatic rings. The van der Waals surface area contributed by atoms with Gasteiger partial charge >= 0.3 is 5.69 Å². The Bertz CT molecular complexity index is 629. The van der Waals surface area contributed by atoms with Gasteiger partial charge in [-0.05, 0) is 19.3 Å². The maximum atomic E-state index is 12.3. The van der Waals surface area contributed by atoms with Gasteiger partial charge in [-0.15, -0.1) is 0 Å². The van der Waals surface area contributed by atoms with Crippen LogP contribution in [-0.4, -0.2) is 32.6 Å². The molecule has 1 aromatic heterocycles. The first kappa shape index (κ1) is 16.1. The summed E-state index contributed by atoms with van der Waals surface area (Å²) in [6, 6.07) is 0.675. The molecule has 118 valence electrons. The predicted molar refractivity (Wildman–Crippen MR) is 77.5 cm³/mol. The zero-order chi connectivity index (χ0) is 15.6. The lowest BCUT2D eigenvalue weighted by Gasteiger charge is -2.18.